The van der Waals surface area contributed by atoms with Crippen molar-refractivity contribution in [1.82, 2.24) is 0 Å². The molecule has 2 aromatic rings. The third-order valence-corrected chi connectivity index (χ3v) is 2.64. The Hall–Kier alpha value is -1.67. The van der Waals surface area contributed by atoms with Gasteiger partial charge in [-0.05, 0) is 41.3 Å². The summed E-state index contributed by atoms with van der Waals surface area (Å²) in [6.07, 6.45) is 0. The van der Waals surface area contributed by atoms with E-state index in [9.17, 15) is 4.39 Å². The van der Waals surface area contributed by atoms with Crippen molar-refractivity contribution in [3.05, 3.63) is 59.4 Å². The van der Waals surface area contributed by atoms with E-state index in [-0.39, 0.29) is 12.4 Å². The Bertz CT molecular complexity index is 489. The molecule has 0 amide bonds. The first-order valence-corrected chi connectivity index (χ1v) is 5.17. The van der Waals surface area contributed by atoms with Crippen molar-refractivity contribution >= 4 is 0 Å². The fourth-order valence-electron chi connectivity index (χ4n) is 1.74. The molecule has 82 valence electrons. The molecule has 0 spiro atoms. The van der Waals surface area contributed by atoms with E-state index in [0.29, 0.717) is 0 Å². The molecule has 0 heterocycles. The lowest BCUT2D eigenvalue weighted by Gasteiger charge is -2.06. The number of aliphatic hydroxyl groups excluding tert-OH is 1. The van der Waals surface area contributed by atoms with E-state index in [1.54, 1.807) is 6.07 Å². The summed E-state index contributed by atoms with van der Waals surface area (Å²) in [5.41, 5.74) is 3.85. The molecule has 0 radical (unpaired) electrons. The summed E-state index contributed by atoms with van der Waals surface area (Å²) >= 11 is 0. The van der Waals surface area contributed by atoms with E-state index in [1.807, 2.05) is 31.2 Å². The highest BCUT2D eigenvalue weighted by molar-refractivity contribution is 5.67. The van der Waals surface area contributed by atoms with Gasteiger partial charge >= 0.3 is 0 Å². The number of hydrogen-bond donors (Lipinski definition) is 1. The van der Waals surface area contributed by atoms with Gasteiger partial charge in [-0.3, -0.25) is 0 Å². The Morgan fingerprint density at radius 3 is 2.31 bits per heavy atom. The van der Waals surface area contributed by atoms with Crippen LogP contribution in [0.3, 0.4) is 0 Å². The zero-order chi connectivity index (χ0) is 11.5. The summed E-state index contributed by atoms with van der Waals surface area (Å²) in [4.78, 5) is 0. The van der Waals surface area contributed by atoms with Crippen molar-refractivity contribution in [1.29, 1.82) is 0 Å². The standard InChI is InChI=1S/C14H13FO/c1-10-8-13(15)6-7-14(10)12-4-2-11(9-16)3-5-12/h2-8,16H,9H2,1H3. The SMILES string of the molecule is Cc1cc(F)ccc1-c1ccc(CO)cc1. The summed E-state index contributed by atoms with van der Waals surface area (Å²) in [6, 6.07) is 12.4. The smallest absolute Gasteiger partial charge is 0.123 e. The first-order chi connectivity index (χ1) is 7.70. The molecular formula is C14H13FO. The van der Waals surface area contributed by atoms with Crippen LogP contribution >= 0.6 is 0 Å². The summed E-state index contributed by atoms with van der Waals surface area (Å²) in [6.45, 7) is 1.93. The van der Waals surface area contributed by atoms with E-state index < -0.39 is 0 Å². The highest BCUT2D eigenvalue weighted by atomic mass is 19.1. The lowest BCUT2D eigenvalue weighted by Crippen LogP contribution is -1.87. The first-order valence-electron chi connectivity index (χ1n) is 5.17. The molecule has 0 aliphatic rings. The van der Waals surface area contributed by atoms with Crippen LogP contribution in [0, 0.1) is 12.7 Å². The van der Waals surface area contributed by atoms with Crippen molar-refractivity contribution in [2.45, 2.75) is 13.5 Å². The van der Waals surface area contributed by atoms with Gasteiger partial charge in [-0.15, -0.1) is 0 Å². The molecule has 2 rings (SSSR count). The fraction of sp³-hybridized carbons (Fsp3) is 0.143. The zero-order valence-corrected chi connectivity index (χ0v) is 9.07. The van der Waals surface area contributed by atoms with Gasteiger partial charge in [0.05, 0.1) is 6.61 Å². The molecule has 0 aliphatic carbocycles. The molecule has 0 aliphatic heterocycles. The lowest BCUT2D eigenvalue weighted by atomic mass is 9.99. The van der Waals surface area contributed by atoms with Crippen LogP contribution in [-0.2, 0) is 6.61 Å². The molecule has 0 atom stereocenters. The summed E-state index contributed by atoms with van der Waals surface area (Å²) in [5, 5.41) is 8.94. The normalized spacial score (nSPS) is 10.4. The molecule has 0 bridgehead atoms. The summed E-state index contributed by atoms with van der Waals surface area (Å²) in [7, 11) is 0. The highest BCUT2D eigenvalue weighted by Crippen LogP contribution is 2.24. The zero-order valence-electron chi connectivity index (χ0n) is 9.07. The van der Waals surface area contributed by atoms with Crippen LogP contribution in [-0.4, -0.2) is 5.11 Å². The Morgan fingerprint density at radius 1 is 1.06 bits per heavy atom. The minimum Gasteiger partial charge on any atom is -0.392 e. The van der Waals surface area contributed by atoms with Gasteiger partial charge in [0.1, 0.15) is 5.82 Å². The second-order valence-corrected chi connectivity index (χ2v) is 3.81. The highest BCUT2D eigenvalue weighted by Gasteiger charge is 2.02. The lowest BCUT2D eigenvalue weighted by molar-refractivity contribution is 0.282. The quantitative estimate of drug-likeness (QED) is 0.816. The Morgan fingerprint density at radius 2 is 1.75 bits per heavy atom. The van der Waals surface area contributed by atoms with Crippen LogP contribution in [0.15, 0.2) is 42.5 Å². The monoisotopic (exact) mass is 216 g/mol. The van der Waals surface area contributed by atoms with Crippen LogP contribution < -0.4 is 0 Å². The van der Waals surface area contributed by atoms with Crippen molar-refractivity contribution in [3.8, 4) is 11.1 Å². The third kappa shape index (κ3) is 2.12. The van der Waals surface area contributed by atoms with Crippen molar-refractivity contribution in [2.24, 2.45) is 0 Å². The van der Waals surface area contributed by atoms with Crippen molar-refractivity contribution in [2.75, 3.05) is 0 Å². The molecule has 0 saturated carbocycles. The molecule has 0 aromatic heterocycles. The first kappa shape index (κ1) is 10.8. The van der Waals surface area contributed by atoms with Gasteiger partial charge in [-0.25, -0.2) is 4.39 Å². The third-order valence-electron chi connectivity index (χ3n) is 2.64. The predicted molar refractivity (Wildman–Crippen MR) is 62.5 cm³/mol. The van der Waals surface area contributed by atoms with Crippen LogP contribution in [0.5, 0.6) is 0 Å². The average molecular weight is 216 g/mol. The minimum atomic E-state index is -0.215. The predicted octanol–water partition coefficient (Wildman–Crippen LogP) is 3.29. The van der Waals surface area contributed by atoms with Crippen LogP contribution in [0.25, 0.3) is 11.1 Å². The van der Waals surface area contributed by atoms with Crippen molar-refractivity contribution in [3.63, 3.8) is 0 Å². The van der Waals surface area contributed by atoms with Gasteiger partial charge in [0, 0.05) is 0 Å². The van der Waals surface area contributed by atoms with Crippen molar-refractivity contribution < 1.29 is 9.50 Å². The Balaban J connectivity index is 2.42. The molecule has 2 heteroatoms. The number of benzene rings is 2. The van der Waals surface area contributed by atoms with Gasteiger partial charge in [0.2, 0.25) is 0 Å². The second-order valence-electron chi connectivity index (χ2n) is 3.81. The van der Waals surface area contributed by atoms with E-state index >= 15 is 0 Å². The number of aliphatic hydroxyl groups is 1. The number of hydrogen-bond acceptors (Lipinski definition) is 1. The molecule has 0 fully saturated rings. The van der Waals surface area contributed by atoms with Gasteiger partial charge < -0.3 is 5.11 Å². The van der Waals surface area contributed by atoms with Gasteiger partial charge in [-0.1, -0.05) is 30.3 Å². The second kappa shape index (κ2) is 4.45. The van der Waals surface area contributed by atoms with E-state index in [1.165, 1.54) is 12.1 Å². The molecule has 0 unspecified atom stereocenters. The van der Waals surface area contributed by atoms with E-state index in [2.05, 4.69) is 0 Å². The fourth-order valence-corrected chi connectivity index (χ4v) is 1.74. The maximum atomic E-state index is 12.9. The number of rotatable bonds is 2. The average Bonchev–Trinajstić information content (AvgIpc) is 2.29. The maximum absolute atomic E-state index is 12.9. The Labute approximate surface area is 94.2 Å². The number of halogens is 1. The van der Waals surface area contributed by atoms with Gasteiger partial charge in [-0.2, -0.15) is 0 Å². The number of aryl methyl sites for hydroxylation is 1. The van der Waals surface area contributed by atoms with Crippen LogP contribution in [0.1, 0.15) is 11.1 Å². The van der Waals surface area contributed by atoms with Crippen LogP contribution in [0.2, 0.25) is 0 Å². The van der Waals surface area contributed by atoms with Crippen LogP contribution in [0.4, 0.5) is 4.39 Å². The summed E-state index contributed by atoms with van der Waals surface area (Å²) in [5.74, 6) is -0.215. The molecule has 1 nitrogen and oxygen atoms in total. The minimum absolute atomic E-state index is 0.0443. The molecule has 0 saturated heterocycles. The van der Waals surface area contributed by atoms with E-state index in [4.69, 9.17) is 5.11 Å². The summed E-state index contributed by atoms with van der Waals surface area (Å²) < 4.78 is 12.9. The van der Waals surface area contributed by atoms with E-state index in [0.717, 1.165) is 22.3 Å². The van der Waals surface area contributed by atoms with Gasteiger partial charge in [0.25, 0.3) is 0 Å². The molecule has 1 N–H and O–H groups in total. The topological polar surface area (TPSA) is 20.2 Å². The molecule has 16 heavy (non-hydrogen) atoms. The maximum Gasteiger partial charge on any atom is 0.123 e. The molecular weight excluding hydrogens is 203 g/mol. The Kier molecular flexibility index (Phi) is 3.02. The molecule has 2 aromatic carbocycles. The largest absolute Gasteiger partial charge is 0.392 e. The van der Waals surface area contributed by atoms with Gasteiger partial charge in [0.15, 0.2) is 0 Å².